The molecule has 0 amide bonds. The van der Waals surface area contributed by atoms with Gasteiger partial charge in [-0.2, -0.15) is 0 Å². The second-order valence-corrected chi connectivity index (χ2v) is 8.17. The van der Waals surface area contributed by atoms with Crippen molar-refractivity contribution in [3.05, 3.63) is 41.3 Å². The first-order valence-electron chi connectivity index (χ1n) is 9.50. The fourth-order valence-electron chi connectivity index (χ4n) is 3.49. The number of benzene rings is 1. The van der Waals surface area contributed by atoms with E-state index in [4.69, 9.17) is 9.47 Å². The van der Waals surface area contributed by atoms with Crippen LogP contribution in [0.1, 0.15) is 37.7 Å². The number of fused-ring (bicyclic) bond motifs is 1. The number of rotatable bonds is 3. The molecule has 0 unspecified atom stereocenters. The average molecular weight is 396 g/mol. The number of hydrogen-bond donors (Lipinski definition) is 0. The van der Waals surface area contributed by atoms with Gasteiger partial charge in [-0.15, -0.1) is 0 Å². The molecular weight excluding hydrogens is 368 g/mol. The number of hydrogen-bond acceptors (Lipinski definition) is 6. The van der Waals surface area contributed by atoms with Crippen molar-refractivity contribution in [2.45, 2.75) is 47.1 Å². The zero-order valence-corrected chi connectivity index (χ0v) is 18.3. The van der Waals surface area contributed by atoms with Crippen LogP contribution in [0.25, 0.3) is 11.0 Å². The van der Waals surface area contributed by atoms with Crippen LogP contribution in [0.5, 0.6) is 5.75 Å². The van der Waals surface area contributed by atoms with Crippen LogP contribution in [0.15, 0.2) is 24.4 Å². The van der Waals surface area contributed by atoms with Crippen molar-refractivity contribution in [2.24, 2.45) is 0 Å². The minimum absolute atomic E-state index is 0.462. The standard InChI is InChI=1S/C22H28N4O3/c1-13-11-16(28-8)12-14(2)18(13)25(7)19-17-9-10-26(20(17)24-15(3)23-19)21(27)29-22(4,5)6/h9-12H,1-8H3. The Morgan fingerprint density at radius 1 is 1.10 bits per heavy atom. The highest BCUT2D eigenvalue weighted by Crippen LogP contribution is 2.35. The zero-order chi connectivity index (χ0) is 21.5. The van der Waals surface area contributed by atoms with Gasteiger partial charge in [-0.25, -0.2) is 19.3 Å². The van der Waals surface area contributed by atoms with Crippen LogP contribution < -0.4 is 9.64 Å². The first kappa shape index (κ1) is 20.6. The Morgan fingerprint density at radius 3 is 2.28 bits per heavy atom. The molecule has 2 heterocycles. The molecule has 0 aliphatic heterocycles. The van der Waals surface area contributed by atoms with E-state index >= 15 is 0 Å². The van der Waals surface area contributed by atoms with Crippen LogP contribution >= 0.6 is 0 Å². The van der Waals surface area contributed by atoms with Crippen LogP contribution in [-0.2, 0) is 4.74 Å². The predicted molar refractivity (Wildman–Crippen MR) is 114 cm³/mol. The first-order chi connectivity index (χ1) is 13.5. The van der Waals surface area contributed by atoms with Gasteiger partial charge in [0.25, 0.3) is 0 Å². The number of aromatic nitrogens is 3. The summed E-state index contributed by atoms with van der Waals surface area (Å²) in [5.41, 5.74) is 3.11. The Hall–Kier alpha value is -3.09. The van der Waals surface area contributed by atoms with E-state index in [0.717, 1.165) is 33.8 Å². The molecule has 0 saturated carbocycles. The summed E-state index contributed by atoms with van der Waals surface area (Å²) in [6.45, 7) is 11.4. The molecule has 29 heavy (non-hydrogen) atoms. The molecule has 0 fully saturated rings. The molecule has 0 atom stereocenters. The molecule has 0 radical (unpaired) electrons. The molecule has 3 rings (SSSR count). The van der Waals surface area contributed by atoms with Gasteiger partial charge in [0.05, 0.1) is 12.5 Å². The summed E-state index contributed by atoms with van der Waals surface area (Å²) in [5.74, 6) is 2.12. The quantitative estimate of drug-likeness (QED) is 0.626. The molecule has 3 aromatic rings. The minimum Gasteiger partial charge on any atom is -0.497 e. The van der Waals surface area contributed by atoms with Gasteiger partial charge < -0.3 is 14.4 Å². The Balaban J connectivity index is 2.13. The maximum atomic E-state index is 12.6. The second kappa shape index (κ2) is 7.39. The number of carbonyl (C=O) groups excluding carboxylic acids is 1. The molecule has 1 aromatic carbocycles. The molecule has 154 valence electrons. The van der Waals surface area contributed by atoms with E-state index in [2.05, 4.69) is 9.97 Å². The highest BCUT2D eigenvalue weighted by atomic mass is 16.6. The molecule has 0 N–H and O–H groups in total. The molecule has 7 nitrogen and oxygen atoms in total. The average Bonchev–Trinajstić information content (AvgIpc) is 3.02. The summed E-state index contributed by atoms with van der Waals surface area (Å²) < 4.78 is 12.3. The van der Waals surface area contributed by atoms with Crippen LogP contribution in [0.4, 0.5) is 16.3 Å². The summed E-state index contributed by atoms with van der Waals surface area (Å²) in [5, 5.41) is 0.776. The largest absolute Gasteiger partial charge is 0.497 e. The Kier molecular flexibility index (Phi) is 5.26. The third-order valence-electron chi connectivity index (χ3n) is 4.58. The summed E-state index contributed by atoms with van der Waals surface area (Å²) in [6.07, 6.45) is 1.22. The fraction of sp³-hybridized carbons (Fsp3) is 0.409. The lowest BCUT2D eigenvalue weighted by atomic mass is 10.1. The number of nitrogens with zero attached hydrogens (tertiary/aromatic N) is 4. The van der Waals surface area contributed by atoms with Crippen molar-refractivity contribution in [3.8, 4) is 5.75 Å². The first-order valence-corrected chi connectivity index (χ1v) is 9.50. The van der Waals surface area contributed by atoms with Crippen molar-refractivity contribution >= 4 is 28.6 Å². The third-order valence-corrected chi connectivity index (χ3v) is 4.58. The highest BCUT2D eigenvalue weighted by Gasteiger charge is 2.23. The predicted octanol–water partition coefficient (Wildman–Crippen LogP) is 4.92. The smallest absolute Gasteiger partial charge is 0.420 e. The summed E-state index contributed by atoms with van der Waals surface area (Å²) in [6, 6.07) is 5.84. The molecule has 0 aliphatic rings. The molecule has 2 aromatic heterocycles. The molecule has 7 heteroatoms. The van der Waals surface area contributed by atoms with Crippen LogP contribution in [0, 0.1) is 20.8 Å². The lowest BCUT2D eigenvalue weighted by molar-refractivity contribution is 0.0543. The van der Waals surface area contributed by atoms with E-state index in [0.29, 0.717) is 11.5 Å². The van der Waals surface area contributed by atoms with Gasteiger partial charge in [0.15, 0.2) is 5.65 Å². The second-order valence-electron chi connectivity index (χ2n) is 8.17. The normalized spacial score (nSPS) is 11.6. The van der Waals surface area contributed by atoms with Gasteiger partial charge in [-0.3, -0.25) is 0 Å². The Labute approximate surface area is 171 Å². The molecule has 0 bridgehead atoms. The van der Waals surface area contributed by atoms with E-state index in [-0.39, 0.29) is 0 Å². The van der Waals surface area contributed by atoms with Crippen LogP contribution in [0.2, 0.25) is 0 Å². The summed E-state index contributed by atoms with van der Waals surface area (Å²) >= 11 is 0. The van der Waals surface area contributed by atoms with Crippen LogP contribution in [-0.4, -0.2) is 40.4 Å². The zero-order valence-electron chi connectivity index (χ0n) is 18.3. The maximum absolute atomic E-state index is 12.6. The Bertz CT molecular complexity index is 1060. The van der Waals surface area contributed by atoms with Crippen molar-refractivity contribution in [1.29, 1.82) is 0 Å². The van der Waals surface area contributed by atoms with Crippen LogP contribution in [0.3, 0.4) is 0 Å². The van der Waals surface area contributed by atoms with Gasteiger partial charge in [0, 0.05) is 18.9 Å². The molecule has 0 aliphatic carbocycles. The number of aryl methyl sites for hydroxylation is 3. The minimum atomic E-state index is -0.591. The lowest BCUT2D eigenvalue weighted by Crippen LogP contribution is -2.27. The number of carbonyl (C=O) groups is 1. The number of ether oxygens (including phenoxy) is 2. The number of methoxy groups -OCH3 is 1. The van der Waals surface area contributed by atoms with Crippen molar-refractivity contribution in [1.82, 2.24) is 14.5 Å². The fourth-order valence-corrected chi connectivity index (χ4v) is 3.49. The molecule has 0 spiro atoms. The van der Waals surface area contributed by atoms with E-state index in [1.54, 1.807) is 13.3 Å². The highest BCUT2D eigenvalue weighted by molar-refractivity contribution is 5.95. The monoisotopic (exact) mass is 396 g/mol. The van der Waals surface area contributed by atoms with E-state index in [1.165, 1.54) is 4.57 Å². The molecular formula is C22H28N4O3. The van der Waals surface area contributed by atoms with Gasteiger partial charge >= 0.3 is 6.09 Å². The van der Waals surface area contributed by atoms with E-state index < -0.39 is 11.7 Å². The van der Waals surface area contributed by atoms with Crippen molar-refractivity contribution in [3.63, 3.8) is 0 Å². The summed E-state index contributed by atoms with van der Waals surface area (Å²) in [7, 11) is 3.63. The third kappa shape index (κ3) is 4.04. The SMILES string of the molecule is COc1cc(C)c(N(C)c2nc(C)nc3c2ccn3C(=O)OC(C)(C)C)c(C)c1. The maximum Gasteiger partial charge on any atom is 0.420 e. The van der Waals surface area contributed by atoms with E-state index in [9.17, 15) is 4.79 Å². The Morgan fingerprint density at radius 2 is 1.72 bits per heavy atom. The van der Waals surface area contributed by atoms with Crippen molar-refractivity contribution < 1.29 is 14.3 Å². The van der Waals surface area contributed by atoms with Crippen molar-refractivity contribution in [2.75, 3.05) is 19.1 Å². The lowest BCUT2D eigenvalue weighted by Gasteiger charge is -2.24. The number of anilines is 2. The molecule has 0 saturated heterocycles. The van der Waals surface area contributed by atoms with Gasteiger partial charge in [0.2, 0.25) is 0 Å². The van der Waals surface area contributed by atoms with E-state index in [1.807, 2.05) is 71.7 Å². The topological polar surface area (TPSA) is 69.5 Å². The van der Waals surface area contributed by atoms with Gasteiger partial charge in [-0.1, -0.05) is 0 Å². The van der Waals surface area contributed by atoms with Gasteiger partial charge in [-0.05, 0) is 70.9 Å². The summed E-state index contributed by atoms with van der Waals surface area (Å²) in [4.78, 5) is 23.8. The van der Waals surface area contributed by atoms with Gasteiger partial charge in [0.1, 0.15) is 23.0 Å².